The molecular formula is C19H32N3O2+. The molecule has 0 aromatic heterocycles. The average Bonchev–Trinajstić information content (AvgIpc) is 2.45. The van der Waals surface area contributed by atoms with Crippen molar-refractivity contribution in [1.82, 2.24) is 9.80 Å². The van der Waals surface area contributed by atoms with Crippen LogP contribution in [0.1, 0.15) is 40.2 Å². The van der Waals surface area contributed by atoms with Crippen LogP contribution < -0.4 is 5.32 Å². The first-order chi connectivity index (χ1) is 11.2. The van der Waals surface area contributed by atoms with Crippen molar-refractivity contribution in [3.05, 3.63) is 29.8 Å². The third-order valence-electron chi connectivity index (χ3n) is 4.32. The number of hydrogen-bond donors (Lipinski definition) is 1. The first-order valence-electron chi connectivity index (χ1n) is 8.81. The van der Waals surface area contributed by atoms with Gasteiger partial charge in [0.05, 0.1) is 7.05 Å². The summed E-state index contributed by atoms with van der Waals surface area (Å²) in [7, 11) is 2.05. The highest BCUT2D eigenvalue weighted by Crippen LogP contribution is 2.21. The Balaban J connectivity index is 1.97. The van der Waals surface area contributed by atoms with E-state index in [9.17, 15) is 4.79 Å². The van der Waals surface area contributed by atoms with Gasteiger partial charge < -0.3 is 15.0 Å². The van der Waals surface area contributed by atoms with Crippen molar-refractivity contribution in [3.63, 3.8) is 0 Å². The maximum atomic E-state index is 12.5. The molecule has 1 aromatic carbocycles. The Labute approximate surface area is 146 Å². The molecule has 2 rings (SSSR count). The largest absolute Gasteiger partial charge is 0.444 e. The molecule has 1 aromatic rings. The van der Waals surface area contributed by atoms with E-state index in [0.29, 0.717) is 0 Å². The molecule has 0 spiro atoms. The van der Waals surface area contributed by atoms with Crippen LogP contribution in [0.4, 0.5) is 10.5 Å². The van der Waals surface area contributed by atoms with Gasteiger partial charge in [0, 0.05) is 31.7 Å². The zero-order valence-corrected chi connectivity index (χ0v) is 15.9. The van der Waals surface area contributed by atoms with Gasteiger partial charge in [-0.3, -0.25) is 4.90 Å². The van der Waals surface area contributed by atoms with Crippen LogP contribution in [0.2, 0.25) is 0 Å². The number of piperazine rings is 1. The summed E-state index contributed by atoms with van der Waals surface area (Å²) in [6, 6.07) is 8.97. The molecular weight excluding hydrogens is 302 g/mol. The fourth-order valence-corrected chi connectivity index (χ4v) is 3.31. The normalized spacial score (nSPS) is 22.5. The molecule has 1 fully saturated rings. The smallest absolute Gasteiger partial charge is 0.410 e. The van der Waals surface area contributed by atoms with E-state index in [2.05, 4.69) is 48.3 Å². The van der Waals surface area contributed by atoms with Crippen molar-refractivity contribution in [2.24, 2.45) is 0 Å². The minimum absolute atomic E-state index is 0.145. The van der Waals surface area contributed by atoms with Crippen LogP contribution in [0.25, 0.3) is 0 Å². The molecule has 5 nitrogen and oxygen atoms in total. The lowest BCUT2D eigenvalue weighted by atomic mass is 10.1. The molecule has 0 saturated carbocycles. The monoisotopic (exact) mass is 334 g/mol. The summed E-state index contributed by atoms with van der Waals surface area (Å²) >= 11 is 0. The second kappa shape index (κ2) is 7.53. The molecule has 0 unspecified atom stereocenters. The predicted molar refractivity (Wildman–Crippen MR) is 96.2 cm³/mol. The third kappa shape index (κ3) is 4.95. The topological polar surface area (TPSA) is 49.4 Å². The first-order valence-corrected chi connectivity index (χ1v) is 8.81. The van der Waals surface area contributed by atoms with Gasteiger partial charge in [-0.1, -0.05) is 12.1 Å². The molecule has 1 aliphatic rings. The molecule has 1 amide bonds. The minimum atomic E-state index is -0.453. The standard InChI is InChI=1S/C19H31N3O2/c1-14-11-21(13-16-7-9-17(20-6)10-8-16)12-15(2)22(14)18(23)24-19(3,4)5/h7-10,14-15,20H,11-13H2,1-6H3/p+1/t14-,15+. The van der Waals surface area contributed by atoms with Gasteiger partial charge in [-0.2, -0.15) is 0 Å². The van der Waals surface area contributed by atoms with Crippen molar-refractivity contribution in [2.45, 2.75) is 58.8 Å². The van der Waals surface area contributed by atoms with Crippen LogP contribution in [-0.2, 0) is 11.3 Å². The average molecular weight is 334 g/mol. The Kier molecular flexibility index (Phi) is 5.88. The van der Waals surface area contributed by atoms with Crippen LogP contribution in [-0.4, -0.2) is 53.7 Å². The number of amides is 1. The molecule has 5 heteroatoms. The van der Waals surface area contributed by atoms with E-state index in [1.165, 1.54) is 11.3 Å². The van der Waals surface area contributed by atoms with Gasteiger partial charge in [-0.15, -0.1) is 0 Å². The fourth-order valence-electron chi connectivity index (χ4n) is 3.31. The van der Waals surface area contributed by atoms with Crippen molar-refractivity contribution >= 4 is 11.8 Å². The molecule has 1 heterocycles. The van der Waals surface area contributed by atoms with E-state index in [-0.39, 0.29) is 18.2 Å². The third-order valence-corrected chi connectivity index (χ3v) is 4.32. The van der Waals surface area contributed by atoms with Crippen LogP contribution in [0, 0.1) is 0 Å². The lowest BCUT2D eigenvalue weighted by Gasteiger charge is -2.44. The van der Waals surface area contributed by atoms with Gasteiger partial charge in [0.1, 0.15) is 11.3 Å². The number of rotatable bonds is 3. The summed E-state index contributed by atoms with van der Waals surface area (Å²) < 4.78 is 5.56. The lowest BCUT2D eigenvalue weighted by Crippen LogP contribution is -2.72. The summed E-state index contributed by atoms with van der Waals surface area (Å²) in [6.07, 6.45) is -0.204. The minimum Gasteiger partial charge on any atom is -0.444 e. The lowest BCUT2D eigenvalue weighted by molar-refractivity contribution is -0.539. The van der Waals surface area contributed by atoms with Gasteiger partial charge in [-0.05, 0) is 52.3 Å². The van der Waals surface area contributed by atoms with Crippen molar-refractivity contribution in [1.29, 1.82) is 0 Å². The van der Waals surface area contributed by atoms with E-state index >= 15 is 0 Å². The summed E-state index contributed by atoms with van der Waals surface area (Å²) in [5, 5.41) is 2.10. The summed E-state index contributed by atoms with van der Waals surface area (Å²) in [5.74, 6) is 0. The second-order valence-corrected chi connectivity index (χ2v) is 7.81. The van der Waals surface area contributed by atoms with Crippen LogP contribution >= 0.6 is 0 Å². The number of benzene rings is 1. The number of ether oxygens (including phenoxy) is 1. The Hall–Kier alpha value is -1.59. The highest BCUT2D eigenvalue weighted by molar-refractivity contribution is 5.69. The Morgan fingerprint density at radius 3 is 2.17 bits per heavy atom. The quantitative estimate of drug-likeness (QED) is 0.863. The molecule has 0 bridgehead atoms. The summed E-state index contributed by atoms with van der Waals surface area (Å²) in [5.41, 5.74) is 2.10. The maximum absolute atomic E-state index is 12.5. The summed E-state index contributed by atoms with van der Waals surface area (Å²) in [6.45, 7) is 12.6. The Morgan fingerprint density at radius 1 is 1.17 bits per heavy atom. The number of nitrogens with zero attached hydrogens (tertiary/aromatic N) is 2. The highest BCUT2D eigenvalue weighted by Gasteiger charge is 2.35. The van der Waals surface area contributed by atoms with Crippen LogP contribution in [0.15, 0.2) is 24.3 Å². The van der Waals surface area contributed by atoms with E-state index in [0.717, 1.165) is 19.6 Å². The summed E-state index contributed by atoms with van der Waals surface area (Å²) in [4.78, 5) is 16.8. The second-order valence-electron chi connectivity index (χ2n) is 7.81. The number of quaternary nitrogens is 1. The Morgan fingerprint density at radius 2 is 1.71 bits per heavy atom. The van der Waals surface area contributed by atoms with E-state index in [1.807, 2.05) is 32.7 Å². The van der Waals surface area contributed by atoms with Gasteiger partial charge >= 0.3 is 6.09 Å². The molecule has 0 radical (unpaired) electrons. The van der Waals surface area contributed by atoms with Gasteiger partial charge in [0.25, 0.3) is 0 Å². The molecule has 2 N–H and O–H groups in total. The van der Waals surface area contributed by atoms with E-state index in [4.69, 9.17) is 4.74 Å². The van der Waals surface area contributed by atoms with Gasteiger partial charge in [-0.25, -0.2) is 4.79 Å². The van der Waals surface area contributed by atoms with E-state index in [1.54, 1.807) is 0 Å². The SMILES string of the molecule is C[NH2+]c1ccc(CN2C[C@@H](C)N(C(=O)OC(C)(C)C)[C@@H](C)C2)cc1. The predicted octanol–water partition coefficient (Wildman–Crippen LogP) is 2.34. The number of nitrogens with two attached hydrogens (primary N) is 1. The van der Waals surface area contributed by atoms with E-state index < -0.39 is 5.60 Å². The van der Waals surface area contributed by atoms with Crippen molar-refractivity contribution < 1.29 is 14.8 Å². The highest BCUT2D eigenvalue weighted by atomic mass is 16.6. The van der Waals surface area contributed by atoms with Crippen molar-refractivity contribution in [3.8, 4) is 0 Å². The number of carbonyl (C=O) groups excluding carboxylic acids is 1. The molecule has 0 aliphatic carbocycles. The molecule has 1 aliphatic heterocycles. The first kappa shape index (κ1) is 18.7. The molecule has 134 valence electrons. The van der Waals surface area contributed by atoms with Gasteiger partial charge in [0.2, 0.25) is 0 Å². The zero-order valence-electron chi connectivity index (χ0n) is 15.9. The van der Waals surface area contributed by atoms with Crippen LogP contribution in [0.5, 0.6) is 0 Å². The molecule has 1 saturated heterocycles. The Bertz CT molecular complexity index is 539. The van der Waals surface area contributed by atoms with Gasteiger partial charge in [0.15, 0.2) is 0 Å². The van der Waals surface area contributed by atoms with Crippen molar-refractivity contribution in [2.75, 3.05) is 20.1 Å². The number of carbonyl (C=O) groups is 1. The zero-order chi connectivity index (χ0) is 17.9. The number of hydrogen-bond acceptors (Lipinski definition) is 3. The molecule has 2 atom stereocenters. The maximum Gasteiger partial charge on any atom is 0.410 e. The molecule has 24 heavy (non-hydrogen) atoms. The fraction of sp³-hybridized carbons (Fsp3) is 0.632. The van der Waals surface area contributed by atoms with Crippen LogP contribution in [0.3, 0.4) is 0 Å².